The van der Waals surface area contributed by atoms with Gasteiger partial charge in [0.15, 0.2) is 0 Å². The number of pyridine rings is 1. The van der Waals surface area contributed by atoms with Crippen LogP contribution < -0.4 is 9.47 Å². The minimum atomic E-state index is 0.701. The molecular weight excluding hydrogens is 244 g/mol. The van der Waals surface area contributed by atoms with Crippen LogP contribution in [0.3, 0.4) is 0 Å². The van der Waals surface area contributed by atoms with E-state index < -0.39 is 0 Å². The Bertz CT molecular complexity index is 701. The van der Waals surface area contributed by atoms with Crippen molar-refractivity contribution in [3.8, 4) is 17.2 Å². The van der Waals surface area contributed by atoms with E-state index in [1.165, 1.54) is 0 Å². The average molecular weight is 256 g/mol. The molecule has 3 rings (SSSR count). The maximum absolute atomic E-state index is 5.25. The van der Waals surface area contributed by atoms with E-state index in [2.05, 4.69) is 15.3 Å². The molecule has 0 fully saturated rings. The number of aromatic nitrogens is 4. The minimum absolute atomic E-state index is 0.701. The first-order valence-electron chi connectivity index (χ1n) is 5.70. The maximum atomic E-state index is 5.25. The fourth-order valence-corrected chi connectivity index (χ4v) is 1.88. The van der Waals surface area contributed by atoms with Crippen molar-refractivity contribution < 1.29 is 9.47 Å². The molecule has 0 spiro atoms. The molecule has 0 aliphatic heterocycles. The highest BCUT2D eigenvalue weighted by molar-refractivity contribution is 5.75. The third-order valence-corrected chi connectivity index (χ3v) is 2.83. The number of hydrogen-bond donors (Lipinski definition) is 0. The molecule has 19 heavy (non-hydrogen) atoms. The van der Waals surface area contributed by atoms with E-state index in [4.69, 9.17) is 9.47 Å². The van der Waals surface area contributed by atoms with Gasteiger partial charge in [0.25, 0.3) is 0 Å². The van der Waals surface area contributed by atoms with Gasteiger partial charge in [-0.15, -0.1) is 5.10 Å². The van der Waals surface area contributed by atoms with Crippen LogP contribution in [0.25, 0.3) is 16.7 Å². The van der Waals surface area contributed by atoms with E-state index in [9.17, 15) is 0 Å². The second-order valence-electron chi connectivity index (χ2n) is 3.94. The van der Waals surface area contributed by atoms with Crippen LogP contribution in [0.4, 0.5) is 0 Å². The molecule has 1 aromatic carbocycles. The Kier molecular flexibility index (Phi) is 2.75. The molecule has 0 bridgehead atoms. The van der Waals surface area contributed by atoms with Gasteiger partial charge < -0.3 is 9.47 Å². The van der Waals surface area contributed by atoms with E-state index >= 15 is 0 Å². The van der Waals surface area contributed by atoms with Crippen LogP contribution in [-0.2, 0) is 0 Å². The third-order valence-electron chi connectivity index (χ3n) is 2.83. The number of methoxy groups -OCH3 is 2. The van der Waals surface area contributed by atoms with E-state index in [0.29, 0.717) is 11.5 Å². The van der Waals surface area contributed by atoms with Crippen molar-refractivity contribution in [2.75, 3.05) is 14.2 Å². The molecule has 6 nitrogen and oxygen atoms in total. The lowest BCUT2D eigenvalue weighted by Crippen LogP contribution is -1.98. The van der Waals surface area contributed by atoms with Crippen molar-refractivity contribution in [3.05, 3.63) is 36.7 Å². The molecule has 0 aliphatic rings. The van der Waals surface area contributed by atoms with Crippen molar-refractivity contribution in [1.29, 1.82) is 0 Å². The maximum Gasteiger partial charge on any atom is 0.131 e. The molecule has 0 aliphatic carbocycles. The Hall–Kier alpha value is -2.63. The summed E-state index contributed by atoms with van der Waals surface area (Å²) in [5, 5.41) is 8.21. The van der Waals surface area contributed by atoms with Gasteiger partial charge in [0.05, 0.1) is 31.6 Å². The summed E-state index contributed by atoms with van der Waals surface area (Å²) >= 11 is 0. The largest absolute Gasteiger partial charge is 0.497 e. The SMILES string of the molecule is COc1cc(OC)cc(-n2nnc3cnccc32)c1. The first-order chi connectivity index (χ1) is 9.31. The zero-order valence-corrected chi connectivity index (χ0v) is 10.6. The van der Waals surface area contributed by atoms with Crippen LogP contribution in [-0.4, -0.2) is 34.2 Å². The Morgan fingerprint density at radius 3 is 2.47 bits per heavy atom. The van der Waals surface area contributed by atoms with Gasteiger partial charge in [0, 0.05) is 24.4 Å². The van der Waals surface area contributed by atoms with Gasteiger partial charge in [-0.25, -0.2) is 4.68 Å². The van der Waals surface area contributed by atoms with Crippen molar-refractivity contribution >= 4 is 11.0 Å². The van der Waals surface area contributed by atoms with Crippen LogP contribution in [0.15, 0.2) is 36.7 Å². The monoisotopic (exact) mass is 256 g/mol. The molecule has 2 heterocycles. The number of nitrogens with zero attached hydrogens (tertiary/aromatic N) is 4. The van der Waals surface area contributed by atoms with E-state index in [1.54, 1.807) is 31.3 Å². The second kappa shape index (κ2) is 4.56. The molecule has 0 unspecified atom stereocenters. The fourth-order valence-electron chi connectivity index (χ4n) is 1.88. The number of benzene rings is 1. The molecule has 0 atom stereocenters. The molecule has 96 valence electrons. The van der Waals surface area contributed by atoms with Gasteiger partial charge >= 0.3 is 0 Å². The van der Waals surface area contributed by atoms with Gasteiger partial charge in [-0.3, -0.25) is 4.98 Å². The molecule has 6 heteroatoms. The first-order valence-corrected chi connectivity index (χ1v) is 5.70. The Morgan fingerprint density at radius 1 is 1.05 bits per heavy atom. The Balaban J connectivity index is 2.20. The predicted molar refractivity (Wildman–Crippen MR) is 69.8 cm³/mol. The summed E-state index contributed by atoms with van der Waals surface area (Å²) in [6.45, 7) is 0. The highest BCUT2D eigenvalue weighted by Gasteiger charge is 2.09. The van der Waals surface area contributed by atoms with Gasteiger partial charge in [-0.1, -0.05) is 5.21 Å². The number of rotatable bonds is 3. The summed E-state index contributed by atoms with van der Waals surface area (Å²) in [5.41, 5.74) is 2.44. The summed E-state index contributed by atoms with van der Waals surface area (Å²) in [4.78, 5) is 4.02. The van der Waals surface area contributed by atoms with Crippen molar-refractivity contribution in [1.82, 2.24) is 20.0 Å². The quantitative estimate of drug-likeness (QED) is 0.715. The van der Waals surface area contributed by atoms with Crippen LogP contribution in [0, 0.1) is 0 Å². The molecule has 2 aromatic heterocycles. The predicted octanol–water partition coefficient (Wildman–Crippen LogP) is 1.83. The lowest BCUT2D eigenvalue weighted by Gasteiger charge is -2.08. The molecule has 0 amide bonds. The molecule has 0 radical (unpaired) electrons. The standard InChI is InChI=1S/C13H12N4O2/c1-18-10-5-9(6-11(7-10)19-2)17-13-3-4-14-8-12(13)15-16-17/h3-8H,1-2H3. The van der Waals surface area contributed by atoms with E-state index in [0.717, 1.165) is 16.7 Å². The van der Waals surface area contributed by atoms with Crippen LogP contribution in [0.1, 0.15) is 0 Å². The lowest BCUT2D eigenvalue weighted by molar-refractivity contribution is 0.394. The minimum Gasteiger partial charge on any atom is -0.497 e. The number of ether oxygens (including phenoxy) is 2. The van der Waals surface area contributed by atoms with Crippen molar-refractivity contribution in [2.24, 2.45) is 0 Å². The number of hydrogen-bond acceptors (Lipinski definition) is 5. The molecular formula is C13H12N4O2. The van der Waals surface area contributed by atoms with Crippen LogP contribution in [0.5, 0.6) is 11.5 Å². The highest BCUT2D eigenvalue weighted by atomic mass is 16.5. The average Bonchev–Trinajstić information content (AvgIpc) is 2.90. The van der Waals surface area contributed by atoms with Crippen molar-refractivity contribution in [3.63, 3.8) is 0 Å². The Morgan fingerprint density at radius 2 is 1.79 bits per heavy atom. The van der Waals surface area contributed by atoms with Gasteiger partial charge in [-0.05, 0) is 6.07 Å². The summed E-state index contributed by atoms with van der Waals surface area (Å²) in [5.74, 6) is 1.40. The fraction of sp³-hybridized carbons (Fsp3) is 0.154. The van der Waals surface area contributed by atoms with E-state index in [1.807, 2.05) is 24.3 Å². The summed E-state index contributed by atoms with van der Waals surface area (Å²) < 4.78 is 12.2. The van der Waals surface area contributed by atoms with Gasteiger partial charge in [0.1, 0.15) is 17.0 Å². The topological polar surface area (TPSA) is 62.1 Å². The van der Waals surface area contributed by atoms with Crippen LogP contribution >= 0.6 is 0 Å². The van der Waals surface area contributed by atoms with E-state index in [-0.39, 0.29) is 0 Å². The molecule has 0 saturated carbocycles. The van der Waals surface area contributed by atoms with Crippen molar-refractivity contribution in [2.45, 2.75) is 0 Å². The zero-order valence-electron chi connectivity index (χ0n) is 10.6. The van der Waals surface area contributed by atoms with Gasteiger partial charge in [0.2, 0.25) is 0 Å². The summed E-state index contributed by atoms with van der Waals surface area (Å²) in [6, 6.07) is 7.42. The lowest BCUT2D eigenvalue weighted by atomic mass is 10.2. The third kappa shape index (κ3) is 1.97. The summed E-state index contributed by atoms with van der Waals surface area (Å²) in [7, 11) is 3.23. The summed E-state index contributed by atoms with van der Waals surface area (Å²) in [6.07, 6.45) is 3.38. The first kappa shape index (κ1) is 11.5. The zero-order chi connectivity index (χ0) is 13.2. The molecule has 0 saturated heterocycles. The second-order valence-corrected chi connectivity index (χ2v) is 3.94. The number of fused-ring (bicyclic) bond motifs is 1. The highest BCUT2D eigenvalue weighted by Crippen LogP contribution is 2.26. The normalized spacial score (nSPS) is 10.6. The smallest absolute Gasteiger partial charge is 0.131 e. The molecule has 3 aromatic rings. The van der Waals surface area contributed by atoms with Gasteiger partial charge in [-0.2, -0.15) is 0 Å². The Labute approximate surface area is 109 Å². The van der Waals surface area contributed by atoms with Crippen LogP contribution in [0.2, 0.25) is 0 Å². The molecule has 0 N–H and O–H groups in total.